The van der Waals surface area contributed by atoms with Gasteiger partial charge in [0.05, 0.1) is 12.7 Å². The number of fused-ring (bicyclic) bond motifs is 3. The molecular weight excluding hydrogens is 688 g/mol. The number of rotatable bonds is 9. The minimum Gasteiger partial charge on any atom is -0.453 e. The van der Waals surface area contributed by atoms with Crippen molar-refractivity contribution in [3.8, 4) is 0 Å². The first-order chi connectivity index (χ1) is 17.0. The fourth-order valence-corrected chi connectivity index (χ4v) is 5.45. The Morgan fingerprint density at radius 1 is 1.27 bits per heavy atom. The molecule has 0 spiro atoms. The van der Waals surface area contributed by atoms with E-state index in [-0.39, 0.29) is 68.2 Å². The zero-order chi connectivity index (χ0) is 24.5. The molecule has 0 saturated carbocycles. The molecule has 1 aromatic heterocycles. The molecule has 2 aliphatic heterocycles. The second-order valence-electron chi connectivity index (χ2n) is 9.66. The van der Waals surface area contributed by atoms with Crippen molar-refractivity contribution in [2.75, 3.05) is 44.8 Å². The first-order valence-corrected chi connectivity index (χ1v) is 12.2. The summed E-state index contributed by atoms with van der Waals surface area (Å²) in [6, 6.07) is 13.9. The molecule has 3 aromatic rings. The number of aliphatic hydroxyl groups is 1. The Kier molecular flexibility index (Phi) is 10.9. The van der Waals surface area contributed by atoms with Gasteiger partial charge in [-0.3, -0.25) is 13.7 Å². The van der Waals surface area contributed by atoms with E-state index in [1.807, 2.05) is 36.1 Å². The van der Waals surface area contributed by atoms with Crippen molar-refractivity contribution in [1.82, 2.24) is 14.8 Å². The molecule has 2 aliphatic rings. The van der Waals surface area contributed by atoms with Crippen LogP contribution in [0.15, 0.2) is 36.4 Å². The maximum absolute atomic E-state index is 15.6. The fourth-order valence-electron chi connectivity index (χ4n) is 5.45. The number of para-hydroxylation sites is 1. The summed E-state index contributed by atoms with van der Waals surface area (Å²) < 4.78 is 42.3. The van der Waals surface area contributed by atoms with E-state index in [2.05, 4.69) is 21.3 Å². The van der Waals surface area contributed by atoms with Crippen molar-refractivity contribution in [1.29, 1.82) is 0 Å². The minimum atomic E-state index is -0.658. The quantitative estimate of drug-likeness (QED) is 0.227. The van der Waals surface area contributed by atoms with E-state index in [0.29, 0.717) is 24.1 Å². The second-order valence-corrected chi connectivity index (χ2v) is 9.66. The molecule has 1 fully saturated rings. The fraction of sp³-hybridized carbons (Fsp3) is 0.444. The SMILES string of the molecule is CC1Cc2c([nH]c3ccccc23)[C@@H](c2[c-]cc(NC3CN(CCCF)C3)cc2F)N1C[C-](F)CO.[Fe].[Hf]. The summed E-state index contributed by atoms with van der Waals surface area (Å²) in [4.78, 5) is 7.50. The Hall–Kier alpha value is -1.16. The number of benzene rings is 2. The Morgan fingerprint density at radius 2 is 2.03 bits per heavy atom. The number of aliphatic hydroxyl groups excluding tert-OH is 1. The number of anilines is 1. The Balaban J connectivity index is 0.00000190. The van der Waals surface area contributed by atoms with Crippen molar-refractivity contribution < 1.29 is 61.2 Å². The summed E-state index contributed by atoms with van der Waals surface area (Å²) in [6.07, 6.45) is 0.669. The molecule has 0 bridgehead atoms. The molecule has 3 N–H and O–H groups in total. The predicted molar refractivity (Wildman–Crippen MR) is 131 cm³/mol. The van der Waals surface area contributed by atoms with Crippen LogP contribution in [0.1, 0.15) is 36.2 Å². The van der Waals surface area contributed by atoms with Crippen LogP contribution < -0.4 is 5.32 Å². The summed E-state index contributed by atoms with van der Waals surface area (Å²) in [5, 5.41) is 13.8. The van der Waals surface area contributed by atoms with Crippen LogP contribution in [0.4, 0.5) is 18.9 Å². The monoisotopic (exact) mass is 720 g/mol. The average molecular weight is 719 g/mol. The van der Waals surface area contributed by atoms with Gasteiger partial charge in [0.1, 0.15) is 0 Å². The number of H-pyrrole nitrogens is 1. The van der Waals surface area contributed by atoms with Gasteiger partial charge in [0, 0.05) is 97.0 Å². The first-order valence-electron chi connectivity index (χ1n) is 12.2. The topological polar surface area (TPSA) is 54.5 Å². The van der Waals surface area contributed by atoms with Crippen LogP contribution in [0.25, 0.3) is 10.9 Å². The molecule has 2 atom stereocenters. The third-order valence-corrected chi connectivity index (χ3v) is 7.18. The molecule has 1 saturated heterocycles. The number of nitrogens with one attached hydrogen (secondary N) is 2. The van der Waals surface area contributed by atoms with Gasteiger partial charge in [-0.25, -0.2) is 0 Å². The number of nitrogens with zero attached hydrogens (tertiary/aromatic N) is 2. The summed E-state index contributed by atoms with van der Waals surface area (Å²) in [6.45, 7) is 3.28. The number of alkyl halides is 1. The molecule has 0 radical (unpaired) electrons. The van der Waals surface area contributed by atoms with Gasteiger partial charge in [-0.2, -0.15) is 12.1 Å². The standard InChI is InChI=1S/C27H31F3N4O.Fe.Hf/c1-17-11-23-21-5-2-3-6-25(21)32-26(23)27(34(17)13-18(29)16-35)22-8-7-19(12-24(22)30)31-20-14-33(15-20)10-4-9-28;;/h2-3,5-7,12,17,20,27,31-32,35H,4,9-11,13-16H2,1H3;;/q-2;;/t17?,27-;;/m1../s1. The van der Waals surface area contributed by atoms with Gasteiger partial charge in [0.15, 0.2) is 0 Å². The number of hydrogen-bond acceptors (Lipinski definition) is 4. The summed E-state index contributed by atoms with van der Waals surface area (Å²) in [5.74, 6) is -0.415. The first kappa shape index (κ1) is 30.4. The molecule has 1 unspecified atom stereocenters. The van der Waals surface area contributed by atoms with Crippen molar-refractivity contribution in [2.45, 2.75) is 37.9 Å². The van der Waals surface area contributed by atoms with Gasteiger partial charge in [0.25, 0.3) is 0 Å². The van der Waals surface area contributed by atoms with Crippen LogP contribution in [0.5, 0.6) is 0 Å². The maximum atomic E-state index is 15.6. The molecule has 0 amide bonds. The summed E-state index contributed by atoms with van der Waals surface area (Å²) in [7, 11) is 0. The van der Waals surface area contributed by atoms with Gasteiger partial charge in [-0.1, -0.05) is 30.4 Å². The number of likely N-dealkylation sites (tertiary alicyclic amines) is 1. The van der Waals surface area contributed by atoms with Gasteiger partial charge < -0.3 is 24.7 Å². The zero-order valence-corrected chi connectivity index (χ0v) is 25.4. The third kappa shape index (κ3) is 6.36. The number of aromatic amines is 1. The Labute approximate surface area is 245 Å². The Morgan fingerprint density at radius 3 is 2.73 bits per heavy atom. The van der Waals surface area contributed by atoms with Crippen LogP contribution in [-0.2, 0) is 49.3 Å². The van der Waals surface area contributed by atoms with Gasteiger partial charge in [-0.15, -0.1) is 17.8 Å². The van der Waals surface area contributed by atoms with Crippen molar-refractivity contribution >= 4 is 16.6 Å². The number of halogens is 3. The minimum absolute atomic E-state index is 0. The van der Waals surface area contributed by atoms with Crippen LogP contribution in [0.2, 0.25) is 0 Å². The molecule has 200 valence electrons. The maximum Gasteiger partial charge on any atom is 0.0906 e. The molecule has 0 aliphatic carbocycles. The van der Waals surface area contributed by atoms with E-state index in [0.717, 1.165) is 41.8 Å². The molecule has 5 rings (SSSR count). The van der Waals surface area contributed by atoms with Crippen LogP contribution in [0, 0.1) is 18.1 Å². The van der Waals surface area contributed by atoms with Gasteiger partial charge >= 0.3 is 0 Å². The molecule has 37 heavy (non-hydrogen) atoms. The average Bonchev–Trinajstić information content (AvgIpc) is 3.19. The molecule has 2 aromatic carbocycles. The summed E-state index contributed by atoms with van der Waals surface area (Å²) >= 11 is 0. The Bertz CT molecular complexity index is 1180. The van der Waals surface area contributed by atoms with Crippen LogP contribution in [0.3, 0.4) is 0 Å². The zero-order valence-electron chi connectivity index (χ0n) is 20.7. The molecule has 5 nitrogen and oxygen atoms in total. The molecule has 3 heterocycles. The van der Waals surface area contributed by atoms with E-state index in [9.17, 15) is 13.9 Å². The number of aromatic nitrogens is 1. The van der Waals surface area contributed by atoms with Crippen molar-refractivity contribution in [3.63, 3.8) is 0 Å². The predicted octanol–water partition coefficient (Wildman–Crippen LogP) is 4.39. The molecular formula is C27H31F3FeHfN4O-2. The third-order valence-electron chi connectivity index (χ3n) is 7.18. The van der Waals surface area contributed by atoms with Crippen LogP contribution in [-0.4, -0.2) is 71.4 Å². The van der Waals surface area contributed by atoms with Gasteiger partial charge in [-0.05, 0) is 38.0 Å². The van der Waals surface area contributed by atoms with E-state index >= 15 is 4.39 Å². The normalized spacial score (nSPS) is 20.3. The van der Waals surface area contributed by atoms with E-state index in [1.165, 1.54) is 6.07 Å². The van der Waals surface area contributed by atoms with Crippen molar-refractivity contribution in [2.24, 2.45) is 0 Å². The van der Waals surface area contributed by atoms with Crippen LogP contribution >= 0.6 is 0 Å². The summed E-state index contributed by atoms with van der Waals surface area (Å²) in [5.41, 5.74) is 3.90. The molecule has 10 heteroatoms. The van der Waals surface area contributed by atoms with E-state index in [4.69, 9.17) is 0 Å². The van der Waals surface area contributed by atoms with Crippen molar-refractivity contribution in [3.05, 3.63) is 71.3 Å². The second kappa shape index (κ2) is 13.3. The van der Waals surface area contributed by atoms with Gasteiger partial charge in [0.2, 0.25) is 0 Å². The van der Waals surface area contributed by atoms with E-state index < -0.39 is 24.6 Å². The smallest absolute Gasteiger partial charge is 0.0906 e. The number of hydrogen-bond donors (Lipinski definition) is 3. The largest absolute Gasteiger partial charge is 0.453 e. The van der Waals surface area contributed by atoms with E-state index in [1.54, 1.807) is 6.07 Å².